The van der Waals surface area contributed by atoms with Crippen molar-refractivity contribution in [3.63, 3.8) is 0 Å². The molecule has 0 aromatic carbocycles. The summed E-state index contributed by atoms with van der Waals surface area (Å²) >= 11 is 0. The summed E-state index contributed by atoms with van der Waals surface area (Å²) < 4.78 is 35.0. The Labute approximate surface area is 165 Å². The quantitative estimate of drug-likeness (QED) is 0.521. The molecule has 0 spiro atoms. The van der Waals surface area contributed by atoms with E-state index >= 15 is 0 Å². The highest BCUT2D eigenvalue weighted by Gasteiger charge is 2.38. The maximum absolute atomic E-state index is 12.1. The number of fused-ring (bicyclic) bond motifs is 1. The number of carboxylic acids is 1. The van der Waals surface area contributed by atoms with Crippen LogP contribution in [-0.2, 0) is 4.79 Å². The molecular formula is C17H12F3N7O3. The van der Waals surface area contributed by atoms with Crippen LogP contribution in [0.4, 0.5) is 19.0 Å². The van der Waals surface area contributed by atoms with E-state index in [1.807, 2.05) is 18.2 Å². The second-order valence-corrected chi connectivity index (χ2v) is 5.57. The summed E-state index contributed by atoms with van der Waals surface area (Å²) in [6, 6.07) is 8.83. The van der Waals surface area contributed by atoms with E-state index in [-0.39, 0.29) is 5.91 Å². The molecule has 30 heavy (non-hydrogen) atoms. The lowest BCUT2D eigenvalue weighted by molar-refractivity contribution is -0.192. The van der Waals surface area contributed by atoms with E-state index in [0.29, 0.717) is 22.8 Å². The van der Waals surface area contributed by atoms with Crippen molar-refractivity contribution < 1.29 is 27.9 Å². The first kappa shape index (κ1) is 20.4. The number of aromatic nitrogens is 6. The van der Waals surface area contributed by atoms with Gasteiger partial charge in [-0.15, -0.1) is 5.10 Å². The summed E-state index contributed by atoms with van der Waals surface area (Å²) in [5, 5.41) is 18.4. The van der Waals surface area contributed by atoms with Gasteiger partial charge in [0.15, 0.2) is 17.3 Å². The molecule has 154 valence electrons. The molecule has 0 unspecified atom stereocenters. The second-order valence-electron chi connectivity index (χ2n) is 5.57. The lowest BCUT2D eigenvalue weighted by Crippen LogP contribution is -2.21. The summed E-state index contributed by atoms with van der Waals surface area (Å²) in [6.45, 7) is 0. The molecule has 0 aliphatic carbocycles. The normalized spacial score (nSPS) is 10.9. The Hall–Kier alpha value is -4.29. The first-order valence-corrected chi connectivity index (χ1v) is 8.12. The monoisotopic (exact) mass is 419 g/mol. The molecular weight excluding hydrogens is 407 g/mol. The van der Waals surface area contributed by atoms with E-state index in [0.717, 1.165) is 0 Å². The zero-order valence-electron chi connectivity index (χ0n) is 14.9. The van der Waals surface area contributed by atoms with Gasteiger partial charge in [0.05, 0.1) is 11.8 Å². The molecule has 10 nitrogen and oxygen atoms in total. The van der Waals surface area contributed by atoms with Crippen molar-refractivity contribution in [1.82, 2.24) is 29.4 Å². The maximum Gasteiger partial charge on any atom is 0.490 e. The molecule has 0 aliphatic rings. The number of imidazole rings is 1. The number of carbonyl (C=O) groups is 2. The van der Waals surface area contributed by atoms with E-state index < -0.39 is 12.1 Å². The van der Waals surface area contributed by atoms with Crippen molar-refractivity contribution in [3.05, 3.63) is 66.9 Å². The van der Waals surface area contributed by atoms with Crippen LogP contribution in [0.2, 0.25) is 0 Å². The van der Waals surface area contributed by atoms with Crippen LogP contribution in [0.1, 0.15) is 10.4 Å². The molecule has 0 saturated carbocycles. The highest BCUT2D eigenvalue weighted by Crippen LogP contribution is 2.13. The van der Waals surface area contributed by atoms with E-state index in [1.165, 1.54) is 6.20 Å². The maximum atomic E-state index is 12.1. The molecule has 4 aromatic heterocycles. The molecule has 0 atom stereocenters. The van der Waals surface area contributed by atoms with E-state index in [9.17, 15) is 18.0 Å². The Morgan fingerprint density at radius 2 is 1.87 bits per heavy atom. The standard InChI is InChI=1S/C15H11N7O.C2HF3O2/c23-15(11-3-1-6-16-9-11)19-12-10-22-13(18-12)4-5-14(20-22)21-8-2-7-17-21;3-2(4,5)1(6)7/h1-10H,(H,19,23);(H,6,7). The molecule has 2 N–H and O–H groups in total. The molecule has 4 rings (SSSR count). The number of amides is 1. The van der Waals surface area contributed by atoms with Crippen molar-refractivity contribution in [2.24, 2.45) is 0 Å². The van der Waals surface area contributed by atoms with Gasteiger partial charge in [-0.05, 0) is 30.3 Å². The van der Waals surface area contributed by atoms with Gasteiger partial charge in [-0.3, -0.25) is 9.78 Å². The summed E-state index contributed by atoms with van der Waals surface area (Å²) in [5.74, 6) is -1.95. The van der Waals surface area contributed by atoms with Crippen LogP contribution in [0.3, 0.4) is 0 Å². The average molecular weight is 419 g/mol. The van der Waals surface area contributed by atoms with Gasteiger partial charge in [-0.25, -0.2) is 19.0 Å². The van der Waals surface area contributed by atoms with E-state index in [1.54, 1.807) is 46.1 Å². The molecule has 13 heteroatoms. The van der Waals surface area contributed by atoms with Gasteiger partial charge in [0.25, 0.3) is 5.91 Å². The van der Waals surface area contributed by atoms with Crippen LogP contribution in [-0.4, -0.2) is 52.5 Å². The van der Waals surface area contributed by atoms with Crippen molar-refractivity contribution >= 4 is 23.3 Å². The van der Waals surface area contributed by atoms with Crippen LogP contribution in [0.5, 0.6) is 0 Å². The number of nitrogens with zero attached hydrogens (tertiary/aromatic N) is 6. The first-order chi connectivity index (χ1) is 14.2. The first-order valence-electron chi connectivity index (χ1n) is 8.12. The molecule has 0 saturated heterocycles. The van der Waals surface area contributed by atoms with Crippen molar-refractivity contribution in [3.8, 4) is 5.82 Å². The number of pyridine rings is 1. The van der Waals surface area contributed by atoms with Gasteiger partial charge in [0, 0.05) is 24.8 Å². The molecule has 0 fully saturated rings. The van der Waals surface area contributed by atoms with Crippen LogP contribution < -0.4 is 5.32 Å². The number of hydrogen-bond acceptors (Lipinski definition) is 6. The molecule has 0 bridgehead atoms. The zero-order chi connectivity index (χ0) is 21.7. The summed E-state index contributed by atoms with van der Waals surface area (Å²) in [7, 11) is 0. The predicted octanol–water partition coefficient (Wildman–Crippen LogP) is 2.20. The highest BCUT2D eigenvalue weighted by molar-refractivity contribution is 6.03. The number of aliphatic carboxylic acids is 1. The number of anilines is 1. The Bertz CT molecular complexity index is 1160. The smallest absolute Gasteiger partial charge is 0.475 e. The third kappa shape index (κ3) is 4.95. The lowest BCUT2D eigenvalue weighted by atomic mass is 10.3. The summed E-state index contributed by atoms with van der Waals surface area (Å²) in [6.07, 6.45) is 3.16. The number of alkyl halides is 3. The molecule has 4 aromatic rings. The topological polar surface area (TPSA) is 127 Å². The number of rotatable bonds is 3. The largest absolute Gasteiger partial charge is 0.490 e. The zero-order valence-corrected chi connectivity index (χ0v) is 14.9. The van der Waals surface area contributed by atoms with Gasteiger partial charge in [0.1, 0.15) is 0 Å². The fourth-order valence-electron chi connectivity index (χ4n) is 2.14. The van der Waals surface area contributed by atoms with Crippen molar-refractivity contribution in [2.75, 3.05) is 5.32 Å². The predicted molar refractivity (Wildman–Crippen MR) is 96.0 cm³/mol. The van der Waals surface area contributed by atoms with Gasteiger partial charge >= 0.3 is 12.1 Å². The molecule has 0 radical (unpaired) electrons. The minimum Gasteiger partial charge on any atom is -0.475 e. The Balaban J connectivity index is 0.000000318. The third-order valence-electron chi connectivity index (χ3n) is 3.45. The average Bonchev–Trinajstić information content (AvgIpc) is 3.37. The van der Waals surface area contributed by atoms with Gasteiger partial charge in [-0.1, -0.05) is 0 Å². The minimum absolute atomic E-state index is 0.270. The molecule has 1 amide bonds. The number of carbonyl (C=O) groups excluding carboxylic acids is 1. The Kier molecular flexibility index (Phi) is 5.71. The fraction of sp³-hybridized carbons (Fsp3) is 0.0588. The Morgan fingerprint density at radius 1 is 1.10 bits per heavy atom. The number of nitrogens with one attached hydrogen (secondary N) is 1. The lowest BCUT2D eigenvalue weighted by Gasteiger charge is -2.00. The molecule has 0 aliphatic heterocycles. The SMILES string of the molecule is O=C(Nc1cn2nc(-n3cccn3)ccc2n1)c1cccnc1.O=C(O)C(F)(F)F. The third-order valence-corrected chi connectivity index (χ3v) is 3.45. The van der Waals surface area contributed by atoms with Gasteiger partial charge in [-0.2, -0.15) is 18.3 Å². The minimum atomic E-state index is -5.08. The summed E-state index contributed by atoms with van der Waals surface area (Å²) in [5.41, 5.74) is 1.09. The van der Waals surface area contributed by atoms with Crippen LogP contribution in [0.15, 0.2) is 61.3 Å². The van der Waals surface area contributed by atoms with Gasteiger partial charge < -0.3 is 10.4 Å². The highest BCUT2D eigenvalue weighted by atomic mass is 19.4. The van der Waals surface area contributed by atoms with Crippen LogP contribution >= 0.6 is 0 Å². The van der Waals surface area contributed by atoms with E-state index in [2.05, 4.69) is 25.5 Å². The van der Waals surface area contributed by atoms with Crippen LogP contribution in [0, 0.1) is 0 Å². The fourth-order valence-corrected chi connectivity index (χ4v) is 2.14. The number of carboxylic acid groups (broad SMARTS) is 1. The summed E-state index contributed by atoms with van der Waals surface area (Å²) in [4.78, 5) is 29.2. The van der Waals surface area contributed by atoms with Crippen molar-refractivity contribution in [2.45, 2.75) is 6.18 Å². The van der Waals surface area contributed by atoms with Gasteiger partial charge in [0.2, 0.25) is 0 Å². The number of hydrogen-bond donors (Lipinski definition) is 2. The molecule has 4 heterocycles. The Morgan fingerprint density at radius 3 is 2.47 bits per heavy atom. The second kappa shape index (κ2) is 8.38. The van der Waals surface area contributed by atoms with Crippen LogP contribution in [0.25, 0.3) is 11.5 Å². The number of halogens is 3. The van der Waals surface area contributed by atoms with Crippen molar-refractivity contribution in [1.29, 1.82) is 0 Å². The van der Waals surface area contributed by atoms with E-state index in [4.69, 9.17) is 9.90 Å².